The molecule has 1 saturated heterocycles. The molecule has 5 heteroatoms. The molecule has 158 valence electrons. The number of aryl methyl sites for hydroxylation is 1. The first-order valence-electron chi connectivity index (χ1n) is 10.8. The normalized spacial score (nSPS) is 16.2. The van der Waals surface area contributed by atoms with Crippen LogP contribution in [-0.4, -0.2) is 52.0 Å². The van der Waals surface area contributed by atoms with E-state index in [1.165, 1.54) is 11.1 Å². The molecule has 0 unspecified atom stereocenters. The molecule has 1 fully saturated rings. The number of hydrogen-bond donors (Lipinski definition) is 2. The summed E-state index contributed by atoms with van der Waals surface area (Å²) in [6, 6.07) is 8.76. The number of rotatable bonds is 10. The van der Waals surface area contributed by atoms with Gasteiger partial charge in [0, 0.05) is 44.9 Å². The second-order valence-electron chi connectivity index (χ2n) is 8.36. The summed E-state index contributed by atoms with van der Waals surface area (Å²) in [6.45, 7) is 14.6. The van der Waals surface area contributed by atoms with Gasteiger partial charge in [0.2, 0.25) is 0 Å². The van der Waals surface area contributed by atoms with E-state index in [0.717, 1.165) is 71.3 Å². The van der Waals surface area contributed by atoms with E-state index in [2.05, 4.69) is 62.6 Å². The summed E-state index contributed by atoms with van der Waals surface area (Å²) in [6.07, 6.45) is 3.24. The summed E-state index contributed by atoms with van der Waals surface area (Å²) < 4.78 is 11.2. The third-order valence-electron chi connectivity index (χ3n) is 5.26. The van der Waals surface area contributed by atoms with Gasteiger partial charge in [-0.15, -0.1) is 0 Å². The van der Waals surface area contributed by atoms with Gasteiger partial charge < -0.3 is 20.1 Å². The minimum absolute atomic E-state index is 0.00285. The summed E-state index contributed by atoms with van der Waals surface area (Å²) in [4.78, 5) is 4.81. The van der Waals surface area contributed by atoms with Gasteiger partial charge in [0.25, 0.3) is 0 Å². The van der Waals surface area contributed by atoms with Gasteiger partial charge in [0.15, 0.2) is 5.96 Å². The van der Waals surface area contributed by atoms with E-state index in [-0.39, 0.29) is 5.41 Å². The molecule has 1 aliphatic heterocycles. The number of hydrogen-bond acceptors (Lipinski definition) is 3. The van der Waals surface area contributed by atoms with E-state index >= 15 is 0 Å². The van der Waals surface area contributed by atoms with Crippen LogP contribution in [0.2, 0.25) is 0 Å². The third kappa shape index (κ3) is 8.19. The molecule has 0 saturated carbocycles. The molecule has 0 radical (unpaired) electrons. The molecule has 0 aliphatic carbocycles. The van der Waals surface area contributed by atoms with Crippen LogP contribution in [0.15, 0.2) is 29.3 Å². The highest BCUT2D eigenvalue weighted by molar-refractivity contribution is 5.79. The molecule has 1 aromatic rings. The molecule has 0 bridgehead atoms. The second-order valence-corrected chi connectivity index (χ2v) is 8.36. The van der Waals surface area contributed by atoms with E-state index in [4.69, 9.17) is 14.5 Å². The fraction of sp³-hybridized carbons (Fsp3) is 0.696. The number of guanidine groups is 1. The molecular weight excluding hydrogens is 350 g/mol. The van der Waals surface area contributed by atoms with Gasteiger partial charge in [-0.2, -0.15) is 0 Å². The van der Waals surface area contributed by atoms with Crippen LogP contribution >= 0.6 is 0 Å². The third-order valence-corrected chi connectivity index (χ3v) is 5.26. The Morgan fingerprint density at radius 2 is 1.89 bits per heavy atom. The van der Waals surface area contributed by atoms with Crippen molar-refractivity contribution < 1.29 is 9.47 Å². The van der Waals surface area contributed by atoms with Crippen molar-refractivity contribution in [1.29, 1.82) is 0 Å². The smallest absolute Gasteiger partial charge is 0.191 e. The zero-order chi connectivity index (χ0) is 20.2. The molecule has 0 amide bonds. The Morgan fingerprint density at radius 1 is 1.18 bits per heavy atom. The molecule has 1 aliphatic rings. The summed E-state index contributed by atoms with van der Waals surface area (Å²) in [5.74, 6) is 1.55. The van der Waals surface area contributed by atoms with Gasteiger partial charge in [0.05, 0.1) is 6.54 Å². The number of aliphatic imine (C=N–C) groups is 1. The Morgan fingerprint density at radius 3 is 2.57 bits per heavy atom. The maximum absolute atomic E-state index is 5.84. The average Bonchev–Trinajstić information content (AvgIpc) is 2.70. The van der Waals surface area contributed by atoms with Crippen molar-refractivity contribution in [1.82, 2.24) is 10.6 Å². The fourth-order valence-corrected chi connectivity index (χ4v) is 3.26. The van der Waals surface area contributed by atoms with E-state index in [1.54, 1.807) is 0 Å². The molecule has 28 heavy (non-hydrogen) atoms. The van der Waals surface area contributed by atoms with Gasteiger partial charge in [-0.25, -0.2) is 0 Å². The molecule has 0 atom stereocenters. The van der Waals surface area contributed by atoms with Crippen LogP contribution in [0, 0.1) is 12.8 Å². The van der Waals surface area contributed by atoms with Crippen LogP contribution < -0.4 is 10.6 Å². The van der Waals surface area contributed by atoms with Crippen LogP contribution in [-0.2, 0) is 14.9 Å². The lowest BCUT2D eigenvalue weighted by Crippen LogP contribution is -2.39. The summed E-state index contributed by atoms with van der Waals surface area (Å²) >= 11 is 0. The first-order chi connectivity index (χ1) is 13.5. The fourth-order valence-electron chi connectivity index (χ4n) is 3.26. The van der Waals surface area contributed by atoms with E-state index in [9.17, 15) is 0 Å². The van der Waals surface area contributed by atoms with E-state index in [1.807, 2.05) is 0 Å². The van der Waals surface area contributed by atoms with Crippen molar-refractivity contribution in [3.8, 4) is 0 Å². The largest absolute Gasteiger partial charge is 0.381 e. The predicted molar refractivity (Wildman–Crippen MR) is 117 cm³/mol. The Bertz CT molecular complexity index is 578. The Labute approximate surface area is 171 Å². The standard InChI is InChI=1S/C23H39N3O2/c1-5-24-22(25-13-6-14-28-17-20-11-15-27-16-12-20)26-18-23(3,4)21-9-7-19(2)8-10-21/h7-10,20H,5-6,11-18H2,1-4H3,(H2,24,25,26). The van der Waals surface area contributed by atoms with Crippen LogP contribution in [0.4, 0.5) is 0 Å². The molecular formula is C23H39N3O2. The highest BCUT2D eigenvalue weighted by Crippen LogP contribution is 2.23. The Balaban J connectivity index is 1.71. The van der Waals surface area contributed by atoms with Crippen molar-refractivity contribution in [3.63, 3.8) is 0 Å². The lowest BCUT2D eigenvalue weighted by atomic mass is 9.84. The maximum Gasteiger partial charge on any atom is 0.191 e. The molecule has 1 heterocycles. The van der Waals surface area contributed by atoms with Gasteiger partial charge in [-0.1, -0.05) is 43.7 Å². The highest BCUT2D eigenvalue weighted by Gasteiger charge is 2.20. The Kier molecular flexibility index (Phi) is 9.79. The van der Waals surface area contributed by atoms with Crippen LogP contribution in [0.3, 0.4) is 0 Å². The first kappa shape index (κ1) is 22.7. The summed E-state index contributed by atoms with van der Waals surface area (Å²) in [7, 11) is 0. The highest BCUT2D eigenvalue weighted by atomic mass is 16.5. The topological polar surface area (TPSA) is 54.9 Å². The average molecular weight is 390 g/mol. The van der Waals surface area contributed by atoms with Gasteiger partial charge in [-0.3, -0.25) is 4.99 Å². The lowest BCUT2D eigenvalue weighted by molar-refractivity contribution is 0.0203. The minimum Gasteiger partial charge on any atom is -0.381 e. The second kappa shape index (κ2) is 12.1. The monoisotopic (exact) mass is 389 g/mol. The first-order valence-corrected chi connectivity index (χ1v) is 10.8. The Hall–Kier alpha value is -1.59. The van der Waals surface area contributed by atoms with Crippen molar-refractivity contribution in [2.45, 2.75) is 52.4 Å². The molecule has 2 rings (SSSR count). The molecule has 1 aromatic carbocycles. The summed E-state index contributed by atoms with van der Waals surface area (Å²) in [5, 5.41) is 6.77. The van der Waals surface area contributed by atoms with E-state index in [0.29, 0.717) is 5.92 Å². The van der Waals surface area contributed by atoms with Gasteiger partial charge in [0.1, 0.15) is 0 Å². The van der Waals surface area contributed by atoms with Gasteiger partial charge in [-0.05, 0) is 44.6 Å². The van der Waals surface area contributed by atoms with Crippen LogP contribution in [0.5, 0.6) is 0 Å². The number of ether oxygens (including phenoxy) is 2. The SMILES string of the molecule is CCNC(=NCC(C)(C)c1ccc(C)cc1)NCCCOCC1CCOCC1. The number of benzene rings is 1. The lowest BCUT2D eigenvalue weighted by Gasteiger charge is -2.24. The van der Waals surface area contributed by atoms with E-state index < -0.39 is 0 Å². The van der Waals surface area contributed by atoms with Gasteiger partial charge >= 0.3 is 0 Å². The van der Waals surface area contributed by atoms with Crippen molar-refractivity contribution in [2.75, 3.05) is 46.1 Å². The number of nitrogens with zero attached hydrogens (tertiary/aromatic N) is 1. The molecule has 5 nitrogen and oxygen atoms in total. The van der Waals surface area contributed by atoms with Crippen LogP contribution in [0.1, 0.15) is 51.2 Å². The van der Waals surface area contributed by atoms with Crippen molar-refractivity contribution >= 4 is 5.96 Å². The molecule has 0 aromatic heterocycles. The minimum atomic E-state index is 0.00285. The quantitative estimate of drug-likeness (QED) is 0.364. The van der Waals surface area contributed by atoms with Crippen molar-refractivity contribution in [2.24, 2.45) is 10.9 Å². The van der Waals surface area contributed by atoms with Crippen molar-refractivity contribution in [3.05, 3.63) is 35.4 Å². The molecule has 2 N–H and O–H groups in total. The maximum atomic E-state index is 5.84. The summed E-state index contributed by atoms with van der Waals surface area (Å²) in [5.41, 5.74) is 2.61. The molecule has 0 spiro atoms. The van der Waals surface area contributed by atoms with Crippen LogP contribution in [0.25, 0.3) is 0 Å². The zero-order valence-electron chi connectivity index (χ0n) is 18.2. The number of nitrogens with one attached hydrogen (secondary N) is 2. The predicted octanol–water partition coefficient (Wildman–Crippen LogP) is 3.66. The zero-order valence-corrected chi connectivity index (χ0v) is 18.2.